The van der Waals surface area contributed by atoms with E-state index in [9.17, 15) is 31.1 Å². The zero-order valence-electron chi connectivity index (χ0n) is 16.8. The van der Waals surface area contributed by atoms with Crippen LogP contribution in [0, 0.1) is 24.7 Å². The van der Waals surface area contributed by atoms with Crippen molar-refractivity contribution in [2.45, 2.75) is 38.0 Å². The summed E-state index contributed by atoms with van der Waals surface area (Å²) in [7, 11) is 0. The monoisotopic (exact) mass is 454 g/mol. The van der Waals surface area contributed by atoms with E-state index in [2.05, 4.69) is 21.3 Å². The molecule has 0 saturated carbocycles. The lowest BCUT2D eigenvalue weighted by Gasteiger charge is -2.20. The first-order chi connectivity index (χ1) is 14.8. The minimum absolute atomic E-state index is 0.342. The standard InChI is InChI=1S/C23H16F6O3/c1-5-13(3)15-9-7-11-17(19(15)22(24,25)26)31-21(30)32-18-12-8-10-16(14(4)6-2)20(18)23(27,28)29/h1-2,7-14H,3-4H3. The Morgan fingerprint density at radius 2 is 1.12 bits per heavy atom. The molecule has 0 heterocycles. The Morgan fingerprint density at radius 1 is 0.781 bits per heavy atom. The zero-order chi connectivity index (χ0) is 24.3. The van der Waals surface area contributed by atoms with Gasteiger partial charge in [-0.05, 0) is 37.1 Å². The Labute approximate surface area is 180 Å². The van der Waals surface area contributed by atoms with Crippen LogP contribution in [-0.2, 0) is 12.4 Å². The molecular formula is C23H16F6O3. The van der Waals surface area contributed by atoms with Crippen molar-refractivity contribution >= 4 is 6.16 Å². The highest BCUT2D eigenvalue weighted by molar-refractivity contribution is 5.69. The average molecular weight is 454 g/mol. The van der Waals surface area contributed by atoms with Gasteiger partial charge in [0, 0.05) is 11.8 Å². The fourth-order valence-corrected chi connectivity index (χ4v) is 2.97. The third-order valence-corrected chi connectivity index (χ3v) is 4.50. The zero-order valence-corrected chi connectivity index (χ0v) is 16.8. The molecule has 2 rings (SSSR count). The Hall–Kier alpha value is -3.59. The molecule has 0 aromatic heterocycles. The molecule has 0 aliphatic rings. The molecule has 2 aromatic carbocycles. The Kier molecular flexibility index (Phi) is 7.15. The van der Waals surface area contributed by atoms with Crippen LogP contribution in [0.3, 0.4) is 0 Å². The van der Waals surface area contributed by atoms with Crippen molar-refractivity contribution < 1.29 is 40.6 Å². The van der Waals surface area contributed by atoms with Crippen LogP contribution >= 0.6 is 0 Å². The highest BCUT2D eigenvalue weighted by atomic mass is 19.4. The van der Waals surface area contributed by atoms with E-state index < -0.39 is 53.0 Å². The fraction of sp³-hybridized carbons (Fsp3) is 0.261. The second-order valence-corrected chi connectivity index (χ2v) is 6.67. The average Bonchev–Trinajstić information content (AvgIpc) is 2.70. The van der Waals surface area contributed by atoms with E-state index in [1.807, 2.05) is 0 Å². The summed E-state index contributed by atoms with van der Waals surface area (Å²) in [4.78, 5) is 12.2. The van der Waals surface area contributed by atoms with Gasteiger partial charge in [-0.2, -0.15) is 26.3 Å². The van der Waals surface area contributed by atoms with E-state index in [0.717, 1.165) is 36.4 Å². The number of ether oxygens (including phenoxy) is 2. The Bertz CT molecular complexity index is 1000. The van der Waals surface area contributed by atoms with Gasteiger partial charge in [-0.15, -0.1) is 12.8 Å². The van der Waals surface area contributed by atoms with Gasteiger partial charge in [0.1, 0.15) is 22.6 Å². The topological polar surface area (TPSA) is 35.5 Å². The van der Waals surface area contributed by atoms with E-state index in [1.165, 1.54) is 13.8 Å². The van der Waals surface area contributed by atoms with Crippen molar-refractivity contribution in [2.75, 3.05) is 0 Å². The van der Waals surface area contributed by atoms with Crippen molar-refractivity contribution in [2.24, 2.45) is 0 Å². The van der Waals surface area contributed by atoms with E-state index in [-0.39, 0.29) is 11.1 Å². The molecule has 2 unspecified atom stereocenters. The quantitative estimate of drug-likeness (QED) is 0.221. The summed E-state index contributed by atoms with van der Waals surface area (Å²) < 4.78 is 91.0. The molecule has 2 atom stereocenters. The van der Waals surface area contributed by atoms with E-state index in [4.69, 9.17) is 12.8 Å². The van der Waals surface area contributed by atoms with E-state index in [1.54, 1.807) is 0 Å². The number of carbonyl (C=O) groups is 1. The summed E-state index contributed by atoms with van der Waals surface area (Å²) in [6.45, 7) is 2.67. The molecule has 32 heavy (non-hydrogen) atoms. The molecule has 0 spiro atoms. The summed E-state index contributed by atoms with van der Waals surface area (Å²) in [5.74, 6) is 0.423. The van der Waals surface area contributed by atoms with Crippen LogP contribution in [0.5, 0.6) is 11.5 Å². The third kappa shape index (κ3) is 5.36. The molecule has 3 nitrogen and oxygen atoms in total. The number of alkyl halides is 6. The van der Waals surface area contributed by atoms with Crippen LogP contribution in [0.25, 0.3) is 0 Å². The number of carbonyl (C=O) groups excluding carboxylic acids is 1. The van der Waals surface area contributed by atoms with Gasteiger partial charge in [0.15, 0.2) is 0 Å². The maximum absolute atomic E-state index is 13.6. The summed E-state index contributed by atoms with van der Waals surface area (Å²) in [6.07, 6.45) is -1.30. The van der Waals surface area contributed by atoms with Crippen LogP contribution < -0.4 is 9.47 Å². The predicted molar refractivity (Wildman–Crippen MR) is 104 cm³/mol. The lowest BCUT2D eigenvalue weighted by Crippen LogP contribution is -2.21. The maximum atomic E-state index is 13.6. The van der Waals surface area contributed by atoms with Gasteiger partial charge in [0.25, 0.3) is 0 Å². The maximum Gasteiger partial charge on any atom is 0.519 e. The van der Waals surface area contributed by atoms with Crippen molar-refractivity contribution in [1.82, 2.24) is 0 Å². The molecule has 168 valence electrons. The lowest BCUT2D eigenvalue weighted by molar-refractivity contribution is -0.139. The van der Waals surface area contributed by atoms with Gasteiger partial charge in [0.2, 0.25) is 0 Å². The highest BCUT2D eigenvalue weighted by Gasteiger charge is 2.40. The van der Waals surface area contributed by atoms with Crippen LogP contribution in [0.2, 0.25) is 0 Å². The summed E-state index contributed by atoms with van der Waals surface area (Å²) in [5.41, 5.74) is -3.33. The number of benzene rings is 2. The van der Waals surface area contributed by atoms with E-state index in [0.29, 0.717) is 0 Å². The molecule has 0 radical (unpaired) electrons. The smallest absolute Gasteiger partial charge is 0.394 e. The summed E-state index contributed by atoms with van der Waals surface area (Å²) in [5, 5.41) is 0. The Morgan fingerprint density at radius 3 is 1.41 bits per heavy atom. The largest absolute Gasteiger partial charge is 0.519 e. The number of rotatable bonds is 4. The molecule has 0 aliphatic heterocycles. The normalized spacial score (nSPS) is 13.4. The second kappa shape index (κ2) is 9.27. The molecular weight excluding hydrogens is 438 g/mol. The summed E-state index contributed by atoms with van der Waals surface area (Å²) in [6, 6.07) is 6.21. The van der Waals surface area contributed by atoms with Gasteiger partial charge in [-0.3, -0.25) is 0 Å². The Balaban J connectivity index is 2.48. The van der Waals surface area contributed by atoms with Crippen LogP contribution in [0.4, 0.5) is 31.1 Å². The lowest BCUT2D eigenvalue weighted by atomic mass is 9.95. The van der Waals surface area contributed by atoms with Gasteiger partial charge in [0.05, 0.1) is 0 Å². The van der Waals surface area contributed by atoms with Gasteiger partial charge in [-0.1, -0.05) is 36.1 Å². The predicted octanol–water partition coefficient (Wildman–Crippen LogP) is 6.78. The first-order valence-corrected chi connectivity index (χ1v) is 9.03. The minimum Gasteiger partial charge on any atom is -0.394 e. The molecule has 0 fully saturated rings. The molecule has 0 N–H and O–H groups in total. The molecule has 0 saturated heterocycles. The van der Waals surface area contributed by atoms with Gasteiger partial charge >= 0.3 is 18.5 Å². The molecule has 0 amide bonds. The van der Waals surface area contributed by atoms with Crippen LogP contribution in [0.1, 0.15) is 47.9 Å². The van der Waals surface area contributed by atoms with Crippen molar-refractivity contribution in [3.63, 3.8) is 0 Å². The SMILES string of the molecule is C#CC(C)c1cccc(OC(=O)Oc2cccc(C(C)C#C)c2C(F)(F)F)c1C(F)(F)F. The number of halogens is 6. The van der Waals surface area contributed by atoms with Crippen molar-refractivity contribution in [1.29, 1.82) is 0 Å². The van der Waals surface area contributed by atoms with E-state index >= 15 is 0 Å². The highest BCUT2D eigenvalue weighted by Crippen LogP contribution is 2.43. The second-order valence-electron chi connectivity index (χ2n) is 6.67. The number of hydrogen-bond donors (Lipinski definition) is 0. The fourth-order valence-electron chi connectivity index (χ4n) is 2.97. The number of hydrogen-bond acceptors (Lipinski definition) is 3. The first-order valence-electron chi connectivity index (χ1n) is 9.03. The number of terminal acetylenes is 2. The third-order valence-electron chi connectivity index (χ3n) is 4.50. The van der Waals surface area contributed by atoms with Gasteiger partial charge in [-0.25, -0.2) is 4.79 Å². The molecule has 9 heteroatoms. The molecule has 0 bridgehead atoms. The van der Waals surface area contributed by atoms with Crippen molar-refractivity contribution in [3.8, 4) is 36.2 Å². The minimum atomic E-state index is -4.96. The van der Waals surface area contributed by atoms with Crippen LogP contribution in [0.15, 0.2) is 36.4 Å². The van der Waals surface area contributed by atoms with Crippen molar-refractivity contribution in [3.05, 3.63) is 58.7 Å². The van der Waals surface area contributed by atoms with Gasteiger partial charge < -0.3 is 9.47 Å². The first kappa shape index (κ1) is 24.7. The van der Waals surface area contributed by atoms with Crippen LogP contribution in [-0.4, -0.2) is 6.16 Å². The molecule has 0 aliphatic carbocycles. The summed E-state index contributed by atoms with van der Waals surface area (Å²) >= 11 is 0. The molecule has 2 aromatic rings.